The van der Waals surface area contributed by atoms with Gasteiger partial charge in [-0.25, -0.2) is 4.98 Å². The predicted octanol–water partition coefficient (Wildman–Crippen LogP) is 4.30. The number of carbonyl (C=O) groups excluding carboxylic acids is 1. The highest BCUT2D eigenvalue weighted by Gasteiger charge is 2.46. The molecule has 1 amide bonds. The van der Waals surface area contributed by atoms with Gasteiger partial charge in [-0.05, 0) is 37.1 Å². The van der Waals surface area contributed by atoms with E-state index in [2.05, 4.69) is 32.7 Å². The van der Waals surface area contributed by atoms with Crippen LogP contribution in [0.15, 0.2) is 67.6 Å². The molecule has 0 radical (unpaired) electrons. The number of nitrogens with one attached hydrogen (secondary N) is 1. The molecule has 2 aliphatic heterocycles. The number of hydrogen-bond acceptors (Lipinski definition) is 9. The molecule has 0 atom stereocenters. The third-order valence-corrected chi connectivity index (χ3v) is 8.40. The van der Waals surface area contributed by atoms with Gasteiger partial charge in [-0.15, -0.1) is 0 Å². The normalized spacial score (nSPS) is 17.0. The second-order valence-electron chi connectivity index (χ2n) is 11.2. The number of piperidine rings is 1. The summed E-state index contributed by atoms with van der Waals surface area (Å²) in [4.78, 5) is 25.7. The van der Waals surface area contributed by atoms with Crippen LogP contribution in [0, 0.1) is 0 Å². The van der Waals surface area contributed by atoms with Crippen LogP contribution in [-0.4, -0.2) is 95.1 Å². The molecule has 11 heteroatoms. The highest BCUT2D eigenvalue weighted by atomic mass is 16.5. The van der Waals surface area contributed by atoms with Gasteiger partial charge in [-0.1, -0.05) is 6.58 Å². The molecule has 2 aromatic carbocycles. The van der Waals surface area contributed by atoms with E-state index in [4.69, 9.17) is 24.3 Å². The van der Waals surface area contributed by atoms with Gasteiger partial charge >= 0.3 is 0 Å². The molecule has 0 saturated carbocycles. The molecule has 0 spiro atoms. The third-order valence-electron chi connectivity index (χ3n) is 8.40. The molecule has 0 unspecified atom stereocenters. The first-order valence-electron chi connectivity index (χ1n) is 14.4. The second-order valence-corrected chi connectivity index (χ2v) is 11.2. The smallest absolute Gasteiger partial charge is 0.246 e. The first kappa shape index (κ1) is 28.6. The van der Waals surface area contributed by atoms with Crippen LogP contribution in [0.3, 0.4) is 0 Å². The number of nitrogens with zero attached hydrogens (tertiary/aromatic N) is 6. The van der Waals surface area contributed by atoms with Crippen LogP contribution in [-0.2, 0) is 9.53 Å². The Balaban J connectivity index is 1.10. The lowest BCUT2D eigenvalue weighted by Gasteiger charge is -2.51. The Hall–Kier alpha value is -4.48. The second kappa shape index (κ2) is 12.0. The summed E-state index contributed by atoms with van der Waals surface area (Å²) in [6.45, 7) is 7.51. The predicted molar refractivity (Wildman–Crippen MR) is 165 cm³/mol. The number of rotatable bonds is 10. The van der Waals surface area contributed by atoms with Gasteiger partial charge in [0.2, 0.25) is 5.91 Å². The standard InChI is InChI=1S/C32H37N7O4/c1-5-31(40)38-20-32(21-38,43-4)19-37-10-8-25(9-11-37)39-18-22(16-34-39)30-17-33-28-7-6-23(14-29(28)36-30)35-24-12-26(41-2)15-27(13-24)42-3/h5-7,12-18,25,35H,1,8-11,19-21H2,2-4H3. The molecule has 2 aromatic heterocycles. The Morgan fingerprint density at radius 2 is 1.77 bits per heavy atom. The van der Waals surface area contributed by atoms with E-state index >= 15 is 0 Å². The van der Waals surface area contributed by atoms with Crippen molar-refractivity contribution < 1.29 is 19.0 Å². The van der Waals surface area contributed by atoms with E-state index in [1.807, 2.05) is 42.6 Å². The van der Waals surface area contributed by atoms with Gasteiger partial charge in [0.05, 0.1) is 62.5 Å². The molecule has 2 saturated heterocycles. The molecule has 0 aliphatic carbocycles. The van der Waals surface area contributed by atoms with Crippen molar-refractivity contribution in [3.8, 4) is 22.8 Å². The fourth-order valence-corrected chi connectivity index (χ4v) is 5.92. The van der Waals surface area contributed by atoms with Crippen LogP contribution in [0.25, 0.3) is 22.3 Å². The minimum atomic E-state index is -0.296. The number of likely N-dealkylation sites (tertiary alicyclic amines) is 2. The summed E-state index contributed by atoms with van der Waals surface area (Å²) >= 11 is 0. The van der Waals surface area contributed by atoms with Crippen LogP contribution in [0.2, 0.25) is 0 Å². The quantitative estimate of drug-likeness (QED) is 0.274. The van der Waals surface area contributed by atoms with Crippen LogP contribution in [0.5, 0.6) is 11.5 Å². The fraction of sp³-hybridized carbons (Fsp3) is 0.375. The zero-order valence-electron chi connectivity index (χ0n) is 24.8. The summed E-state index contributed by atoms with van der Waals surface area (Å²) in [5, 5.41) is 8.11. The van der Waals surface area contributed by atoms with Crippen molar-refractivity contribution in [2.75, 3.05) is 59.4 Å². The van der Waals surface area contributed by atoms with Crippen LogP contribution in [0.4, 0.5) is 11.4 Å². The summed E-state index contributed by atoms with van der Waals surface area (Å²) in [5.41, 5.74) is 4.75. The van der Waals surface area contributed by atoms with Gasteiger partial charge in [0.1, 0.15) is 17.1 Å². The van der Waals surface area contributed by atoms with Crippen molar-refractivity contribution in [3.63, 3.8) is 0 Å². The summed E-state index contributed by atoms with van der Waals surface area (Å²) in [6.07, 6.45) is 9.08. The SMILES string of the molecule is C=CC(=O)N1CC(CN2CCC(n3cc(-c4cnc5ccc(Nc6cc(OC)cc(OC)c6)cc5n4)cn3)CC2)(OC)C1. The minimum Gasteiger partial charge on any atom is -0.497 e. The van der Waals surface area contributed by atoms with E-state index in [0.717, 1.165) is 66.1 Å². The summed E-state index contributed by atoms with van der Waals surface area (Å²) < 4.78 is 18.7. The van der Waals surface area contributed by atoms with Crippen molar-refractivity contribution in [2.45, 2.75) is 24.5 Å². The lowest BCUT2D eigenvalue weighted by molar-refractivity contribution is -0.162. The lowest BCUT2D eigenvalue weighted by Crippen LogP contribution is -2.68. The molecule has 11 nitrogen and oxygen atoms in total. The number of fused-ring (bicyclic) bond motifs is 1. The van der Waals surface area contributed by atoms with Crippen molar-refractivity contribution >= 4 is 28.3 Å². The molecular weight excluding hydrogens is 546 g/mol. The number of hydrogen-bond donors (Lipinski definition) is 1. The Morgan fingerprint density at radius 3 is 2.44 bits per heavy atom. The van der Waals surface area contributed by atoms with Crippen LogP contribution in [0.1, 0.15) is 18.9 Å². The summed E-state index contributed by atoms with van der Waals surface area (Å²) in [5.74, 6) is 1.37. The first-order chi connectivity index (χ1) is 20.9. The van der Waals surface area contributed by atoms with Gasteiger partial charge in [-0.3, -0.25) is 14.5 Å². The fourth-order valence-electron chi connectivity index (χ4n) is 5.92. The first-order valence-corrected chi connectivity index (χ1v) is 14.4. The largest absolute Gasteiger partial charge is 0.497 e. The molecular formula is C32H37N7O4. The minimum absolute atomic E-state index is 0.0386. The van der Waals surface area contributed by atoms with Crippen LogP contribution < -0.4 is 14.8 Å². The number of methoxy groups -OCH3 is 3. The van der Waals surface area contributed by atoms with Gasteiger partial charge in [-0.2, -0.15) is 5.10 Å². The van der Waals surface area contributed by atoms with E-state index in [9.17, 15) is 4.79 Å². The lowest BCUT2D eigenvalue weighted by atomic mass is 9.91. The maximum absolute atomic E-state index is 11.9. The maximum atomic E-state index is 11.9. The van der Waals surface area contributed by atoms with Gasteiger partial charge in [0.15, 0.2) is 0 Å². The molecule has 224 valence electrons. The summed E-state index contributed by atoms with van der Waals surface area (Å²) in [6, 6.07) is 11.9. The average Bonchev–Trinajstić information content (AvgIpc) is 3.52. The highest BCUT2D eigenvalue weighted by Crippen LogP contribution is 2.31. The molecule has 6 rings (SSSR count). The Labute approximate surface area is 251 Å². The number of carbonyl (C=O) groups is 1. The monoisotopic (exact) mass is 583 g/mol. The molecule has 2 aliphatic rings. The topological polar surface area (TPSA) is 107 Å². The Morgan fingerprint density at radius 1 is 1.02 bits per heavy atom. The summed E-state index contributed by atoms with van der Waals surface area (Å²) in [7, 11) is 5.00. The molecule has 2 fully saturated rings. The van der Waals surface area contributed by atoms with Crippen molar-refractivity contribution in [2.24, 2.45) is 0 Å². The van der Waals surface area contributed by atoms with E-state index < -0.39 is 0 Å². The van der Waals surface area contributed by atoms with E-state index in [1.165, 1.54) is 6.08 Å². The van der Waals surface area contributed by atoms with Gasteiger partial charge in [0.25, 0.3) is 0 Å². The van der Waals surface area contributed by atoms with E-state index in [0.29, 0.717) is 30.6 Å². The van der Waals surface area contributed by atoms with E-state index in [-0.39, 0.29) is 11.5 Å². The van der Waals surface area contributed by atoms with Crippen molar-refractivity contribution in [1.29, 1.82) is 0 Å². The van der Waals surface area contributed by atoms with Gasteiger partial charge < -0.3 is 29.3 Å². The van der Waals surface area contributed by atoms with Crippen molar-refractivity contribution in [1.82, 2.24) is 29.5 Å². The van der Waals surface area contributed by atoms with Crippen LogP contribution >= 0.6 is 0 Å². The maximum Gasteiger partial charge on any atom is 0.246 e. The average molecular weight is 584 g/mol. The zero-order valence-corrected chi connectivity index (χ0v) is 24.8. The Bertz CT molecular complexity index is 1600. The molecule has 43 heavy (non-hydrogen) atoms. The third kappa shape index (κ3) is 6.04. The zero-order chi connectivity index (χ0) is 30.0. The molecule has 4 aromatic rings. The number of amides is 1. The number of aromatic nitrogens is 4. The Kier molecular flexibility index (Phi) is 8.00. The van der Waals surface area contributed by atoms with Gasteiger partial charge in [0, 0.05) is 68.1 Å². The highest BCUT2D eigenvalue weighted by molar-refractivity contribution is 5.88. The molecule has 4 heterocycles. The molecule has 0 bridgehead atoms. The van der Waals surface area contributed by atoms with E-state index in [1.54, 1.807) is 32.4 Å². The number of ether oxygens (including phenoxy) is 3. The number of benzene rings is 2. The molecule has 1 N–H and O–H groups in total. The number of anilines is 2. The van der Waals surface area contributed by atoms with Crippen molar-refractivity contribution in [3.05, 3.63) is 67.6 Å².